The van der Waals surface area contributed by atoms with E-state index in [0.717, 1.165) is 0 Å². The third-order valence-corrected chi connectivity index (χ3v) is 3.23. The molecule has 0 bridgehead atoms. The number of hydrogen-bond acceptors (Lipinski definition) is 7. The van der Waals surface area contributed by atoms with Crippen LogP contribution in [0.3, 0.4) is 0 Å². The first kappa shape index (κ1) is 17.7. The van der Waals surface area contributed by atoms with Crippen LogP contribution in [0.15, 0.2) is 41.5 Å². The van der Waals surface area contributed by atoms with Gasteiger partial charge in [-0.25, -0.2) is 5.43 Å². The van der Waals surface area contributed by atoms with Crippen molar-refractivity contribution < 1.29 is 24.3 Å². The van der Waals surface area contributed by atoms with Gasteiger partial charge in [-0.1, -0.05) is 0 Å². The lowest BCUT2D eigenvalue weighted by Gasteiger charge is -2.08. The molecule has 0 aromatic heterocycles. The number of phenolic OH excluding ortho intramolecular Hbond substituents is 1. The zero-order valence-electron chi connectivity index (χ0n) is 13.4. The van der Waals surface area contributed by atoms with Crippen LogP contribution < -0.4 is 14.9 Å². The minimum Gasteiger partial charge on any atom is -0.508 e. The Bertz CT molecular complexity index is 817. The number of nitrogens with zero attached hydrogens (tertiary/aromatic N) is 2. The molecule has 1 amide bonds. The van der Waals surface area contributed by atoms with Gasteiger partial charge in [-0.05, 0) is 24.3 Å². The summed E-state index contributed by atoms with van der Waals surface area (Å²) >= 11 is 0. The predicted molar refractivity (Wildman–Crippen MR) is 89.4 cm³/mol. The van der Waals surface area contributed by atoms with Gasteiger partial charge in [0.2, 0.25) is 5.75 Å². The zero-order chi connectivity index (χ0) is 18.4. The van der Waals surface area contributed by atoms with Crippen molar-refractivity contribution in [2.75, 3.05) is 14.2 Å². The van der Waals surface area contributed by atoms with Crippen LogP contribution >= 0.6 is 0 Å². The molecule has 0 atom stereocenters. The van der Waals surface area contributed by atoms with Crippen LogP contribution in [0.25, 0.3) is 0 Å². The van der Waals surface area contributed by atoms with E-state index in [1.165, 1.54) is 56.8 Å². The van der Waals surface area contributed by atoms with E-state index in [9.17, 15) is 20.0 Å². The van der Waals surface area contributed by atoms with Crippen LogP contribution in [0, 0.1) is 10.1 Å². The van der Waals surface area contributed by atoms with Crippen molar-refractivity contribution in [1.29, 1.82) is 0 Å². The van der Waals surface area contributed by atoms with E-state index in [1.807, 2.05) is 0 Å². The van der Waals surface area contributed by atoms with Crippen molar-refractivity contribution >= 4 is 17.8 Å². The topological polar surface area (TPSA) is 123 Å². The predicted octanol–water partition coefficient (Wildman–Crippen LogP) is 2.08. The first-order chi connectivity index (χ1) is 12.0. The lowest BCUT2D eigenvalue weighted by Crippen LogP contribution is -2.17. The third-order valence-electron chi connectivity index (χ3n) is 3.23. The zero-order valence-corrected chi connectivity index (χ0v) is 13.4. The summed E-state index contributed by atoms with van der Waals surface area (Å²) < 4.78 is 10.1. The Balaban J connectivity index is 2.22. The fourth-order valence-electron chi connectivity index (χ4n) is 1.99. The lowest BCUT2D eigenvalue weighted by atomic mass is 10.1. The Labute approximate surface area is 142 Å². The van der Waals surface area contributed by atoms with Crippen molar-refractivity contribution in [2.45, 2.75) is 0 Å². The monoisotopic (exact) mass is 345 g/mol. The van der Waals surface area contributed by atoms with Crippen LogP contribution in [0.2, 0.25) is 0 Å². The van der Waals surface area contributed by atoms with Gasteiger partial charge in [0.25, 0.3) is 5.91 Å². The molecule has 0 radical (unpaired) electrons. The molecule has 0 aliphatic heterocycles. The maximum atomic E-state index is 11.9. The highest BCUT2D eigenvalue weighted by Crippen LogP contribution is 2.33. The molecule has 2 aromatic rings. The molecule has 0 fully saturated rings. The number of carbonyl (C=O) groups is 1. The summed E-state index contributed by atoms with van der Waals surface area (Å²) in [5.41, 5.74) is 2.62. The van der Waals surface area contributed by atoms with Gasteiger partial charge in [0, 0.05) is 23.3 Å². The fraction of sp³-hybridized carbons (Fsp3) is 0.125. The summed E-state index contributed by atoms with van der Waals surface area (Å²) in [5.74, 6) is -0.120. The van der Waals surface area contributed by atoms with Crippen molar-refractivity contribution in [3.8, 4) is 17.2 Å². The average Bonchev–Trinajstić information content (AvgIpc) is 2.61. The summed E-state index contributed by atoms with van der Waals surface area (Å²) in [6.45, 7) is 0. The first-order valence-electron chi connectivity index (χ1n) is 6.99. The smallest absolute Gasteiger partial charge is 0.311 e. The number of hydrogen-bond donors (Lipinski definition) is 2. The highest BCUT2D eigenvalue weighted by Gasteiger charge is 2.18. The van der Waals surface area contributed by atoms with Crippen molar-refractivity contribution in [3.63, 3.8) is 0 Å². The summed E-state index contributed by atoms with van der Waals surface area (Å²) in [4.78, 5) is 22.4. The highest BCUT2D eigenvalue weighted by atomic mass is 16.6. The number of methoxy groups -OCH3 is 2. The van der Waals surface area contributed by atoms with E-state index in [2.05, 4.69) is 10.5 Å². The number of ether oxygens (including phenoxy) is 2. The molecular weight excluding hydrogens is 330 g/mol. The van der Waals surface area contributed by atoms with Gasteiger partial charge < -0.3 is 14.6 Å². The fourth-order valence-corrected chi connectivity index (χ4v) is 1.99. The molecule has 0 unspecified atom stereocenters. The van der Waals surface area contributed by atoms with Gasteiger partial charge in [-0.3, -0.25) is 14.9 Å². The van der Waals surface area contributed by atoms with Crippen molar-refractivity contribution in [3.05, 3.63) is 57.6 Å². The lowest BCUT2D eigenvalue weighted by molar-refractivity contribution is -0.385. The van der Waals surface area contributed by atoms with Crippen molar-refractivity contribution in [1.82, 2.24) is 5.43 Å². The molecule has 2 aromatic carbocycles. The van der Waals surface area contributed by atoms with Crippen LogP contribution in [-0.4, -0.2) is 36.4 Å². The van der Waals surface area contributed by atoms with Crippen LogP contribution in [0.4, 0.5) is 5.69 Å². The Kier molecular flexibility index (Phi) is 5.51. The molecule has 9 heteroatoms. The second kappa shape index (κ2) is 7.77. The molecule has 9 nitrogen and oxygen atoms in total. The SMILES string of the molecule is COc1cc(OC)c([N+](=O)[O-])cc1/C=N\NC(=O)c1ccc(O)cc1. The Morgan fingerprint density at radius 3 is 2.40 bits per heavy atom. The summed E-state index contributed by atoms with van der Waals surface area (Å²) in [5, 5.41) is 24.0. The third kappa shape index (κ3) is 4.22. The van der Waals surface area contributed by atoms with E-state index in [4.69, 9.17) is 9.47 Å². The van der Waals surface area contributed by atoms with Gasteiger partial charge in [-0.2, -0.15) is 5.10 Å². The van der Waals surface area contributed by atoms with Crippen LogP contribution in [0.5, 0.6) is 17.2 Å². The quantitative estimate of drug-likeness (QED) is 0.469. The number of amides is 1. The number of aromatic hydroxyl groups is 1. The normalized spacial score (nSPS) is 10.5. The number of hydrazone groups is 1. The minimum atomic E-state index is -0.593. The van der Waals surface area contributed by atoms with Gasteiger partial charge >= 0.3 is 5.69 Å². The number of rotatable bonds is 6. The second-order valence-electron chi connectivity index (χ2n) is 4.77. The molecule has 0 aliphatic rings. The van der Waals surface area contributed by atoms with Crippen LogP contribution in [0.1, 0.15) is 15.9 Å². The maximum Gasteiger partial charge on any atom is 0.311 e. The Hall–Kier alpha value is -3.62. The molecule has 0 saturated heterocycles. The largest absolute Gasteiger partial charge is 0.508 e. The summed E-state index contributed by atoms with van der Waals surface area (Å²) in [6, 6.07) is 8.19. The number of benzene rings is 2. The van der Waals surface area contributed by atoms with Gasteiger partial charge in [0.05, 0.1) is 25.4 Å². The van der Waals surface area contributed by atoms with E-state index in [1.54, 1.807) is 0 Å². The Morgan fingerprint density at radius 1 is 1.20 bits per heavy atom. The standard InChI is InChI=1S/C16H15N3O6/c1-24-14-8-15(25-2)13(19(22)23)7-11(14)9-17-18-16(21)10-3-5-12(20)6-4-10/h3-9,20H,1-2H3,(H,18,21)/b17-9-. The van der Waals surface area contributed by atoms with Gasteiger partial charge in [-0.15, -0.1) is 0 Å². The summed E-state index contributed by atoms with van der Waals surface area (Å²) in [7, 11) is 2.71. The Morgan fingerprint density at radius 2 is 1.84 bits per heavy atom. The van der Waals surface area contributed by atoms with E-state index in [0.29, 0.717) is 16.9 Å². The molecule has 2 N–H and O–H groups in total. The number of nitro groups is 1. The molecule has 0 saturated carbocycles. The van der Waals surface area contributed by atoms with Crippen LogP contribution in [-0.2, 0) is 0 Å². The average molecular weight is 345 g/mol. The summed E-state index contributed by atoms with van der Waals surface area (Å²) in [6.07, 6.45) is 1.23. The van der Waals surface area contributed by atoms with E-state index < -0.39 is 10.8 Å². The highest BCUT2D eigenvalue weighted by molar-refractivity contribution is 5.95. The second-order valence-corrected chi connectivity index (χ2v) is 4.77. The van der Waals surface area contributed by atoms with Gasteiger partial charge in [0.1, 0.15) is 11.5 Å². The van der Waals surface area contributed by atoms with Gasteiger partial charge in [0.15, 0.2) is 0 Å². The molecular formula is C16H15N3O6. The molecule has 0 heterocycles. The van der Waals surface area contributed by atoms with Crippen molar-refractivity contribution in [2.24, 2.45) is 5.10 Å². The molecule has 0 aliphatic carbocycles. The molecule has 25 heavy (non-hydrogen) atoms. The molecule has 130 valence electrons. The number of phenols is 1. The first-order valence-corrected chi connectivity index (χ1v) is 6.99. The molecule has 0 spiro atoms. The molecule has 2 rings (SSSR count). The number of nitrogens with one attached hydrogen (secondary N) is 1. The number of nitro benzene ring substituents is 1. The minimum absolute atomic E-state index is 0.0373. The van der Waals surface area contributed by atoms with E-state index in [-0.39, 0.29) is 17.2 Å². The number of carbonyl (C=O) groups excluding carboxylic acids is 1. The maximum absolute atomic E-state index is 11.9. The van der Waals surface area contributed by atoms with E-state index >= 15 is 0 Å².